The van der Waals surface area contributed by atoms with Crippen LogP contribution in [0.3, 0.4) is 0 Å². The molecule has 6 heteroatoms. The van der Waals surface area contributed by atoms with Crippen molar-refractivity contribution in [3.05, 3.63) is 81.0 Å². The first kappa shape index (κ1) is 20.2. The molecule has 0 spiro atoms. The average molecular weight is 421 g/mol. The maximum absolute atomic E-state index is 13.2. The van der Waals surface area contributed by atoms with E-state index in [0.29, 0.717) is 17.8 Å². The normalized spacial score (nSPS) is 12.9. The molecule has 1 N–H and O–H groups in total. The summed E-state index contributed by atoms with van der Waals surface area (Å²) in [7, 11) is 1.60. The van der Waals surface area contributed by atoms with E-state index in [0.717, 1.165) is 29.8 Å². The Kier molecular flexibility index (Phi) is 5.86. The third-order valence-corrected chi connectivity index (χ3v) is 6.46. The molecule has 0 unspecified atom stereocenters. The number of benzene rings is 2. The lowest BCUT2D eigenvalue weighted by Crippen LogP contribution is -2.35. The van der Waals surface area contributed by atoms with Crippen molar-refractivity contribution in [2.24, 2.45) is 0 Å². The van der Waals surface area contributed by atoms with Crippen LogP contribution in [0.2, 0.25) is 0 Å². The Morgan fingerprint density at radius 3 is 2.83 bits per heavy atom. The molecule has 0 aliphatic carbocycles. The van der Waals surface area contributed by atoms with E-state index >= 15 is 0 Å². The molecule has 0 fully saturated rings. The highest BCUT2D eigenvalue weighted by atomic mass is 32.1. The van der Waals surface area contributed by atoms with Crippen molar-refractivity contribution in [3.63, 3.8) is 0 Å². The second kappa shape index (κ2) is 8.71. The number of thiophene rings is 1. The Labute approximate surface area is 180 Å². The summed E-state index contributed by atoms with van der Waals surface area (Å²) in [6.07, 6.45) is 1.14. The van der Waals surface area contributed by atoms with Gasteiger partial charge in [-0.15, -0.1) is 11.3 Å². The lowest BCUT2D eigenvalue weighted by Gasteiger charge is -2.28. The molecule has 0 saturated carbocycles. The van der Waals surface area contributed by atoms with Crippen molar-refractivity contribution in [2.45, 2.75) is 26.3 Å². The van der Waals surface area contributed by atoms with Gasteiger partial charge in [-0.05, 0) is 65.7 Å². The highest BCUT2D eigenvalue weighted by Gasteiger charge is 2.24. The minimum absolute atomic E-state index is 0.00763. The van der Waals surface area contributed by atoms with Crippen LogP contribution in [0.25, 0.3) is 0 Å². The summed E-state index contributed by atoms with van der Waals surface area (Å²) in [5.41, 5.74) is 4.20. The predicted octanol–water partition coefficient (Wildman–Crippen LogP) is 4.44. The molecule has 5 nitrogen and oxygen atoms in total. The van der Waals surface area contributed by atoms with Crippen LogP contribution < -0.4 is 10.1 Å². The van der Waals surface area contributed by atoms with Crippen LogP contribution in [0.5, 0.6) is 5.75 Å². The molecule has 4 rings (SSSR count). The van der Waals surface area contributed by atoms with Crippen LogP contribution in [0.1, 0.15) is 31.9 Å². The SMILES string of the molecule is COc1cccc(CC(=O)Nc2cccc(C(=O)N3CCc4sccc4C3)c2C)c1. The fraction of sp³-hybridized carbons (Fsp3) is 0.250. The Bertz CT molecular complexity index is 1090. The van der Waals surface area contributed by atoms with Gasteiger partial charge in [0.1, 0.15) is 5.75 Å². The lowest BCUT2D eigenvalue weighted by molar-refractivity contribution is -0.115. The predicted molar refractivity (Wildman–Crippen MR) is 119 cm³/mol. The number of fused-ring (bicyclic) bond motifs is 1. The van der Waals surface area contributed by atoms with Crippen molar-refractivity contribution in [2.75, 3.05) is 19.0 Å². The number of methoxy groups -OCH3 is 1. The Morgan fingerprint density at radius 1 is 1.17 bits per heavy atom. The van der Waals surface area contributed by atoms with Crippen LogP contribution in [0, 0.1) is 6.92 Å². The van der Waals surface area contributed by atoms with Crippen molar-refractivity contribution >= 4 is 28.8 Å². The zero-order valence-electron chi connectivity index (χ0n) is 17.1. The third kappa shape index (κ3) is 4.24. The Hall–Kier alpha value is -3.12. The van der Waals surface area contributed by atoms with Gasteiger partial charge in [0.2, 0.25) is 5.91 Å². The number of hydrogen-bond acceptors (Lipinski definition) is 4. The van der Waals surface area contributed by atoms with Gasteiger partial charge in [-0.2, -0.15) is 0 Å². The molecule has 2 amide bonds. The second-order valence-electron chi connectivity index (χ2n) is 7.40. The number of nitrogens with zero attached hydrogens (tertiary/aromatic N) is 1. The number of anilines is 1. The molecule has 0 atom stereocenters. The smallest absolute Gasteiger partial charge is 0.254 e. The molecule has 1 aliphatic rings. The van der Waals surface area contributed by atoms with Gasteiger partial charge in [-0.25, -0.2) is 0 Å². The fourth-order valence-electron chi connectivity index (χ4n) is 3.76. The van der Waals surface area contributed by atoms with Crippen LogP contribution >= 0.6 is 11.3 Å². The Balaban J connectivity index is 1.47. The van der Waals surface area contributed by atoms with Crippen LogP contribution in [0.15, 0.2) is 53.9 Å². The number of rotatable bonds is 5. The minimum Gasteiger partial charge on any atom is -0.497 e. The van der Waals surface area contributed by atoms with E-state index in [1.54, 1.807) is 18.4 Å². The number of ether oxygens (including phenoxy) is 1. The molecule has 154 valence electrons. The van der Waals surface area contributed by atoms with E-state index in [1.165, 1.54) is 10.4 Å². The van der Waals surface area contributed by atoms with E-state index in [4.69, 9.17) is 4.74 Å². The third-order valence-electron chi connectivity index (χ3n) is 5.43. The first-order chi connectivity index (χ1) is 14.5. The Morgan fingerprint density at radius 2 is 2.00 bits per heavy atom. The van der Waals surface area contributed by atoms with Gasteiger partial charge >= 0.3 is 0 Å². The quantitative estimate of drug-likeness (QED) is 0.664. The maximum Gasteiger partial charge on any atom is 0.254 e. The van der Waals surface area contributed by atoms with Gasteiger partial charge in [0.25, 0.3) is 5.91 Å². The summed E-state index contributed by atoms with van der Waals surface area (Å²) >= 11 is 1.76. The maximum atomic E-state index is 13.2. The van der Waals surface area contributed by atoms with Crippen molar-refractivity contribution in [1.82, 2.24) is 4.90 Å². The molecular formula is C24H24N2O3S. The molecule has 0 bridgehead atoms. The van der Waals surface area contributed by atoms with E-state index < -0.39 is 0 Å². The largest absolute Gasteiger partial charge is 0.497 e. The highest BCUT2D eigenvalue weighted by Crippen LogP contribution is 2.27. The van der Waals surface area contributed by atoms with Crippen LogP contribution in [0.4, 0.5) is 5.69 Å². The van der Waals surface area contributed by atoms with Gasteiger partial charge in [-0.1, -0.05) is 18.2 Å². The lowest BCUT2D eigenvalue weighted by atomic mass is 10.0. The van der Waals surface area contributed by atoms with E-state index in [-0.39, 0.29) is 18.2 Å². The van der Waals surface area contributed by atoms with Crippen LogP contribution in [-0.4, -0.2) is 30.4 Å². The summed E-state index contributed by atoms with van der Waals surface area (Å²) in [6, 6.07) is 15.0. The van der Waals surface area contributed by atoms with Gasteiger partial charge in [-0.3, -0.25) is 9.59 Å². The molecule has 2 heterocycles. The van der Waals surface area contributed by atoms with E-state index in [9.17, 15) is 9.59 Å². The van der Waals surface area contributed by atoms with E-state index in [1.807, 2.05) is 54.3 Å². The fourth-order valence-corrected chi connectivity index (χ4v) is 4.65. The first-order valence-corrected chi connectivity index (χ1v) is 10.8. The van der Waals surface area contributed by atoms with E-state index in [2.05, 4.69) is 16.8 Å². The van der Waals surface area contributed by atoms with Crippen molar-refractivity contribution in [3.8, 4) is 5.75 Å². The van der Waals surface area contributed by atoms with Crippen molar-refractivity contribution < 1.29 is 14.3 Å². The summed E-state index contributed by atoms with van der Waals surface area (Å²) in [5, 5.41) is 5.04. The number of nitrogens with one attached hydrogen (secondary N) is 1. The summed E-state index contributed by atoms with van der Waals surface area (Å²) in [6.45, 7) is 3.25. The standard InChI is InChI=1S/C24H24N2O3S/c1-16-20(24(28)26-11-9-22-18(15-26)10-12-30-22)7-4-8-21(16)25-23(27)14-17-5-3-6-19(13-17)29-2/h3-8,10,12-13H,9,11,14-15H2,1-2H3,(H,25,27). The summed E-state index contributed by atoms with van der Waals surface area (Å²) in [4.78, 5) is 29.0. The number of hydrogen-bond donors (Lipinski definition) is 1. The van der Waals surface area contributed by atoms with Crippen LogP contribution in [-0.2, 0) is 24.2 Å². The molecule has 1 aromatic heterocycles. The molecule has 0 saturated heterocycles. The topological polar surface area (TPSA) is 58.6 Å². The molecule has 3 aromatic rings. The van der Waals surface area contributed by atoms with Crippen molar-refractivity contribution in [1.29, 1.82) is 0 Å². The first-order valence-electron chi connectivity index (χ1n) is 9.92. The summed E-state index contributed by atoms with van der Waals surface area (Å²) in [5.74, 6) is 0.601. The summed E-state index contributed by atoms with van der Waals surface area (Å²) < 4.78 is 5.22. The minimum atomic E-state index is -0.128. The number of carbonyl (C=O) groups is 2. The van der Waals surface area contributed by atoms with Gasteiger partial charge in [0.15, 0.2) is 0 Å². The molecule has 2 aromatic carbocycles. The molecule has 30 heavy (non-hydrogen) atoms. The average Bonchev–Trinajstić information content (AvgIpc) is 3.23. The molecule has 0 radical (unpaired) electrons. The van der Waals surface area contributed by atoms with Gasteiger partial charge in [0.05, 0.1) is 13.5 Å². The highest BCUT2D eigenvalue weighted by molar-refractivity contribution is 7.10. The van der Waals surface area contributed by atoms with Gasteiger partial charge in [0, 0.05) is 29.2 Å². The molecule has 1 aliphatic heterocycles. The monoisotopic (exact) mass is 420 g/mol. The zero-order chi connectivity index (χ0) is 21.1. The molecular weight excluding hydrogens is 396 g/mol. The zero-order valence-corrected chi connectivity index (χ0v) is 17.9. The number of carbonyl (C=O) groups excluding carboxylic acids is 2. The second-order valence-corrected chi connectivity index (χ2v) is 8.40. The number of amides is 2. The van der Waals surface area contributed by atoms with Gasteiger partial charge < -0.3 is 15.0 Å².